The van der Waals surface area contributed by atoms with Crippen LogP contribution in [-0.4, -0.2) is 25.1 Å². The van der Waals surface area contributed by atoms with E-state index in [0.717, 1.165) is 5.56 Å². The van der Waals surface area contributed by atoms with Gasteiger partial charge in [0.2, 0.25) is 9.84 Å². The number of benzene rings is 3. The summed E-state index contributed by atoms with van der Waals surface area (Å²) in [6.45, 7) is 5.94. The lowest BCUT2D eigenvalue weighted by atomic mass is 9.68. The van der Waals surface area contributed by atoms with Crippen LogP contribution in [0.5, 0.6) is 0 Å². The van der Waals surface area contributed by atoms with Gasteiger partial charge in [0, 0.05) is 29.0 Å². The second kappa shape index (κ2) is 9.40. The Balaban J connectivity index is 1.66. The van der Waals surface area contributed by atoms with Gasteiger partial charge in [0.15, 0.2) is 5.78 Å². The number of sulfone groups is 1. The van der Waals surface area contributed by atoms with Crippen molar-refractivity contribution < 1.29 is 18.3 Å². The fourth-order valence-corrected chi connectivity index (χ4v) is 6.52. The second-order valence-corrected chi connectivity index (χ2v) is 12.7. The first-order valence-electron chi connectivity index (χ1n) is 12.5. The fourth-order valence-electron chi connectivity index (χ4n) is 5.26. The van der Waals surface area contributed by atoms with Crippen LogP contribution < -0.4 is 5.73 Å². The van der Waals surface area contributed by atoms with Crippen molar-refractivity contribution in [2.75, 3.05) is 0 Å². The number of carbonyl (C=O) groups excluding carboxylic acids is 1. The van der Waals surface area contributed by atoms with Gasteiger partial charge < -0.3 is 10.8 Å². The zero-order valence-electron chi connectivity index (χ0n) is 21.6. The van der Waals surface area contributed by atoms with Crippen molar-refractivity contribution in [2.24, 2.45) is 16.1 Å². The number of nitrogens with zero attached hydrogens (tertiary/aromatic N) is 1. The van der Waals surface area contributed by atoms with Crippen LogP contribution in [0.4, 0.5) is 0 Å². The second-order valence-electron chi connectivity index (χ2n) is 10.7. The SMILES string of the molecule is Cc1ccc(S(=O)(=O)c2ccc(C3C4=C(CC(C)(C)CC4=O)N=C(N)/C3=C(/O)c3ccccc3)cc2)cc1. The Hall–Kier alpha value is -3.97. The number of carbonyl (C=O) groups is 1. The fraction of sp³-hybridized carbons (Fsp3) is 0.226. The lowest BCUT2D eigenvalue weighted by Gasteiger charge is -2.37. The minimum absolute atomic E-state index is 0.0489. The maximum atomic E-state index is 13.5. The van der Waals surface area contributed by atoms with Crippen molar-refractivity contribution in [3.8, 4) is 0 Å². The normalized spacial score (nSPS) is 20.6. The van der Waals surface area contributed by atoms with Gasteiger partial charge >= 0.3 is 0 Å². The van der Waals surface area contributed by atoms with Gasteiger partial charge in [0.1, 0.15) is 11.6 Å². The van der Waals surface area contributed by atoms with Gasteiger partial charge in [-0.3, -0.25) is 4.79 Å². The molecule has 0 saturated carbocycles. The average Bonchev–Trinajstić information content (AvgIpc) is 2.87. The summed E-state index contributed by atoms with van der Waals surface area (Å²) in [6, 6.07) is 22.2. The molecule has 38 heavy (non-hydrogen) atoms. The number of aryl methyl sites for hydroxylation is 1. The highest BCUT2D eigenvalue weighted by Crippen LogP contribution is 2.48. The van der Waals surface area contributed by atoms with E-state index in [0.29, 0.717) is 40.8 Å². The molecule has 0 spiro atoms. The van der Waals surface area contributed by atoms with E-state index in [2.05, 4.69) is 4.99 Å². The van der Waals surface area contributed by atoms with E-state index in [1.807, 2.05) is 26.8 Å². The van der Waals surface area contributed by atoms with Gasteiger partial charge in [-0.05, 0) is 48.6 Å². The van der Waals surface area contributed by atoms with E-state index in [-0.39, 0.29) is 32.6 Å². The molecule has 6 nitrogen and oxygen atoms in total. The number of hydrogen-bond donors (Lipinski definition) is 2. The number of ketones is 1. The number of amidine groups is 1. The molecule has 0 bridgehead atoms. The highest BCUT2D eigenvalue weighted by Gasteiger charge is 2.42. The Bertz CT molecular complexity index is 1610. The van der Waals surface area contributed by atoms with Crippen molar-refractivity contribution in [1.82, 2.24) is 0 Å². The summed E-state index contributed by atoms with van der Waals surface area (Å²) < 4.78 is 26.5. The van der Waals surface area contributed by atoms with E-state index in [1.54, 1.807) is 72.8 Å². The number of nitrogens with two attached hydrogens (primary N) is 1. The Labute approximate surface area is 223 Å². The van der Waals surface area contributed by atoms with E-state index in [4.69, 9.17) is 5.73 Å². The molecule has 3 N–H and O–H groups in total. The molecule has 0 saturated heterocycles. The zero-order chi connectivity index (χ0) is 27.2. The van der Waals surface area contributed by atoms with Gasteiger partial charge in [0.05, 0.1) is 15.5 Å². The Morgan fingerprint density at radius 3 is 2.11 bits per heavy atom. The lowest BCUT2D eigenvalue weighted by molar-refractivity contribution is -0.118. The molecule has 5 rings (SSSR count). The molecule has 0 fully saturated rings. The number of rotatable bonds is 4. The lowest BCUT2D eigenvalue weighted by Crippen LogP contribution is -2.35. The molecular formula is C31H30N2O4S. The van der Waals surface area contributed by atoms with Crippen LogP contribution in [0.2, 0.25) is 0 Å². The van der Waals surface area contributed by atoms with E-state index >= 15 is 0 Å². The van der Waals surface area contributed by atoms with Crippen molar-refractivity contribution in [2.45, 2.75) is 49.3 Å². The summed E-state index contributed by atoms with van der Waals surface area (Å²) >= 11 is 0. The first kappa shape index (κ1) is 25.7. The first-order chi connectivity index (χ1) is 18.0. The molecule has 1 atom stereocenters. The largest absolute Gasteiger partial charge is 0.507 e. The summed E-state index contributed by atoms with van der Waals surface area (Å²) in [5.74, 6) is -0.635. The number of Topliss-reactive ketones (excluding diaryl/α,β-unsaturated/α-hetero) is 1. The van der Waals surface area contributed by atoms with Gasteiger partial charge in [-0.25, -0.2) is 13.4 Å². The number of allylic oxidation sites excluding steroid dienone is 2. The Kier molecular flexibility index (Phi) is 6.35. The molecule has 3 aromatic rings. The van der Waals surface area contributed by atoms with E-state index in [1.165, 1.54) is 0 Å². The van der Waals surface area contributed by atoms with Crippen molar-refractivity contribution in [1.29, 1.82) is 0 Å². The molecule has 0 radical (unpaired) electrons. The molecule has 1 heterocycles. The summed E-state index contributed by atoms with van der Waals surface area (Å²) in [5, 5.41) is 11.4. The summed E-state index contributed by atoms with van der Waals surface area (Å²) in [5.41, 5.74) is 9.85. The maximum absolute atomic E-state index is 13.5. The van der Waals surface area contributed by atoms with Crippen LogP contribution in [0.1, 0.15) is 49.3 Å². The van der Waals surface area contributed by atoms with Crippen LogP contribution >= 0.6 is 0 Å². The predicted molar refractivity (Wildman–Crippen MR) is 148 cm³/mol. The molecule has 194 valence electrons. The van der Waals surface area contributed by atoms with Crippen LogP contribution in [0.3, 0.4) is 0 Å². The van der Waals surface area contributed by atoms with Gasteiger partial charge in [-0.15, -0.1) is 0 Å². The predicted octanol–water partition coefficient (Wildman–Crippen LogP) is 5.89. The molecule has 0 aromatic heterocycles. The highest BCUT2D eigenvalue weighted by atomic mass is 32.2. The number of aliphatic hydroxyl groups is 1. The Morgan fingerprint density at radius 1 is 0.921 bits per heavy atom. The van der Waals surface area contributed by atoms with Crippen molar-refractivity contribution in [3.63, 3.8) is 0 Å². The number of hydrogen-bond acceptors (Lipinski definition) is 6. The molecule has 1 aliphatic carbocycles. The van der Waals surface area contributed by atoms with E-state index < -0.39 is 15.8 Å². The summed E-state index contributed by atoms with van der Waals surface area (Å²) in [6.07, 6.45) is 0.918. The zero-order valence-corrected chi connectivity index (χ0v) is 22.4. The molecule has 0 amide bonds. The molecule has 2 aliphatic rings. The minimum Gasteiger partial charge on any atom is -0.507 e. The highest BCUT2D eigenvalue weighted by molar-refractivity contribution is 7.91. The standard InChI is InChI=1S/C31H30N2O4S/c1-19-9-13-22(14-10-19)38(36,37)23-15-11-20(12-16-23)26-27-24(17-31(2,3)18-25(27)34)33-30(32)28(26)29(35)21-7-5-4-6-8-21/h4-16,26,35H,17-18H2,1-3H3,(H2,32,33)/b29-28+. The van der Waals surface area contributed by atoms with Gasteiger partial charge in [-0.2, -0.15) is 0 Å². The monoisotopic (exact) mass is 526 g/mol. The molecule has 1 unspecified atom stereocenters. The van der Waals surface area contributed by atoms with Crippen LogP contribution in [0, 0.1) is 12.3 Å². The molecular weight excluding hydrogens is 496 g/mol. The summed E-state index contributed by atoms with van der Waals surface area (Å²) in [7, 11) is -3.73. The maximum Gasteiger partial charge on any atom is 0.206 e. The molecule has 1 aliphatic heterocycles. The minimum atomic E-state index is -3.73. The quantitative estimate of drug-likeness (QED) is 0.412. The van der Waals surface area contributed by atoms with Crippen molar-refractivity contribution in [3.05, 3.63) is 112 Å². The number of aliphatic imine (C=N–C) groups is 1. The topological polar surface area (TPSA) is 110 Å². The molecule has 7 heteroatoms. The average molecular weight is 527 g/mol. The molecule has 3 aromatic carbocycles. The first-order valence-corrected chi connectivity index (χ1v) is 14.0. The van der Waals surface area contributed by atoms with E-state index in [9.17, 15) is 18.3 Å². The van der Waals surface area contributed by atoms with Gasteiger partial charge in [-0.1, -0.05) is 74.0 Å². The van der Waals surface area contributed by atoms with Crippen molar-refractivity contribution >= 4 is 27.2 Å². The van der Waals surface area contributed by atoms with Gasteiger partial charge in [0.25, 0.3) is 0 Å². The van der Waals surface area contributed by atoms with Crippen LogP contribution in [0.15, 0.2) is 110 Å². The Morgan fingerprint density at radius 2 is 1.50 bits per heavy atom. The number of aliphatic hydroxyl groups excluding tert-OH is 1. The third kappa shape index (κ3) is 4.58. The van der Waals surface area contributed by atoms with Crippen LogP contribution in [-0.2, 0) is 14.6 Å². The van der Waals surface area contributed by atoms with Crippen LogP contribution in [0.25, 0.3) is 5.76 Å². The smallest absolute Gasteiger partial charge is 0.206 e. The third-order valence-corrected chi connectivity index (χ3v) is 8.95. The summed E-state index contributed by atoms with van der Waals surface area (Å²) in [4.78, 5) is 18.5. The third-order valence-electron chi connectivity index (χ3n) is 7.16.